The first-order valence-electron chi connectivity index (χ1n) is 5.08. The fourth-order valence-electron chi connectivity index (χ4n) is 1.57. The second kappa shape index (κ2) is 5.60. The van der Waals surface area contributed by atoms with Gasteiger partial charge in [0.25, 0.3) is 0 Å². The monoisotopic (exact) mass is 267 g/mol. The van der Waals surface area contributed by atoms with Crippen molar-refractivity contribution in [3.8, 4) is 0 Å². The molecule has 0 saturated heterocycles. The van der Waals surface area contributed by atoms with Gasteiger partial charge in [0.15, 0.2) is 0 Å². The number of anilines is 1. The Labute approximate surface area is 103 Å². The first-order valence-corrected chi connectivity index (χ1v) is 5.46. The van der Waals surface area contributed by atoms with Gasteiger partial charge >= 0.3 is 6.18 Å². The lowest BCUT2D eigenvalue weighted by atomic mass is 10.1. The van der Waals surface area contributed by atoms with Crippen LogP contribution in [-0.4, -0.2) is 24.4 Å². The zero-order chi connectivity index (χ0) is 13.1. The van der Waals surface area contributed by atoms with E-state index < -0.39 is 12.7 Å². The van der Waals surface area contributed by atoms with Crippen molar-refractivity contribution in [3.05, 3.63) is 28.8 Å². The summed E-state index contributed by atoms with van der Waals surface area (Å²) in [6, 6.07) is 4.47. The summed E-state index contributed by atoms with van der Waals surface area (Å²) in [5, 5.41) is 9.51. The molecule has 1 N–H and O–H groups in total. The third-order valence-electron chi connectivity index (χ3n) is 2.30. The molecule has 0 aliphatic carbocycles. The van der Waals surface area contributed by atoms with Crippen molar-refractivity contribution < 1.29 is 18.3 Å². The van der Waals surface area contributed by atoms with E-state index in [9.17, 15) is 13.2 Å². The lowest BCUT2D eigenvalue weighted by Gasteiger charge is -2.26. The van der Waals surface area contributed by atoms with Crippen LogP contribution in [0.1, 0.15) is 12.5 Å². The molecule has 0 fully saturated rings. The second-order valence-electron chi connectivity index (χ2n) is 3.56. The van der Waals surface area contributed by atoms with Crippen molar-refractivity contribution in [1.29, 1.82) is 0 Å². The molecule has 0 spiro atoms. The molecule has 6 heteroatoms. The Bertz CT molecular complexity index is 381. The highest BCUT2D eigenvalue weighted by Gasteiger charge is 2.30. The van der Waals surface area contributed by atoms with Gasteiger partial charge in [0.05, 0.1) is 6.61 Å². The van der Waals surface area contributed by atoms with E-state index in [4.69, 9.17) is 16.7 Å². The summed E-state index contributed by atoms with van der Waals surface area (Å²) in [5.41, 5.74) is 0.750. The Hall–Kier alpha value is -0.940. The molecule has 17 heavy (non-hydrogen) atoms. The van der Waals surface area contributed by atoms with Crippen molar-refractivity contribution >= 4 is 17.3 Å². The fourth-order valence-corrected chi connectivity index (χ4v) is 1.77. The van der Waals surface area contributed by atoms with Gasteiger partial charge in [-0.15, -0.1) is 0 Å². The average molecular weight is 268 g/mol. The normalized spacial score (nSPS) is 11.6. The quantitative estimate of drug-likeness (QED) is 0.905. The van der Waals surface area contributed by atoms with Crippen LogP contribution in [-0.2, 0) is 6.61 Å². The molecule has 0 radical (unpaired) electrons. The highest BCUT2D eigenvalue weighted by atomic mass is 35.5. The third-order valence-corrected chi connectivity index (χ3v) is 2.54. The number of hydrogen-bond donors (Lipinski definition) is 1. The molecule has 0 heterocycles. The predicted octanol–water partition coefficient (Wildman–Crippen LogP) is 3.22. The molecular formula is C11H13ClF3NO. The van der Waals surface area contributed by atoms with Crippen molar-refractivity contribution in [2.75, 3.05) is 18.0 Å². The summed E-state index contributed by atoms with van der Waals surface area (Å²) in [5.74, 6) is 0. The number of benzene rings is 1. The molecule has 0 unspecified atom stereocenters. The van der Waals surface area contributed by atoms with Crippen molar-refractivity contribution in [3.63, 3.8) is 0 Å². The van der Waals surface area contributed by atoms with Gasteiger partial charge in [-0.05, 0) is 25.1 Å². The summed E-state index contributed by atoms with van der Waals surface area (Å²) in [6.07, 6.45) is -4.28. The Morgan fingerprint density at radius 2 is 2.00 bits per heavy atom. The van der Waals surface area contributed by atoms with Crippen molar-refractivity contribution in [1.82, 2.24) is 0 Å². The maximum Gasteiger partial charge on any atom is 0.405 e. The van der Waals surface area contributed by atoms with Crippen LogP contribution in [0.2, 0.25) is 5.02 Å². The van der Waals surface area contributed by atoms with E-state index in [1.807, 2.05) is 0 Å². The van der Waals surface area contributed by atoms with Gasteiger partial charge in [-0.1, -0.05) is 11.6 Å². The number of aliphatic hydroxyl groups excluding tert-OH is 1. The summed E-state index contributed by atoms with van der Waals surface area (Å²) in [7, 11) is 0. The largest absolute Gasteiger partial charge is 0.405 e. The molecule has 0 bridgehead atoms. The number of halogens is 4. The standard InChI is InChI=1S/C11H13ClF3NO/c1-2-16(7-11(13,14)15)10-4-3-9(12)5-8(10)6-17/h3-5,17H,2,6-7H2,1H3. The van der Waals surface area contributed by atoms with E-state index in [0.717, 1.165) is 4.90 Å². The van der Waals surface area contributed by atoms with Crippen LogP contribution in [0, 0.1) is 0 Å². The van der Waals surface area contributed by atoms with Gasteiger partial charge in [-0.3, -0.25) is 0 Å². The topological polar surface area (TPSA) is 23.5 Å². The Morgan fingerprint density at radius 1 is 1.35 bits per heavy atom. The molecule has 1 aromatic carbocycles. The molecule has 0 aliphatic heterocycles. The van der Waals surface area contributed by atoms with Gasteiger partial charge in [0.2, 0.25) is 0 Å². The number of rotatable bonds is 4. The molecule has 2 nitrogen and oxygen atoms in total. The predicted molar refractivity (Wildman–Crippen MR) is 61.3 cm³/mol. The summed E-state index contributed by atoms with van der Waals surface area (Å²) in [6.45, 7) is 0.442. The molecule has 1 rings (SSSR count). The molecule has 0 amide bonds. The minimum Gasteiger partial charge on any atom is -0.392 e. The lowest BCUT2D eigenvalue weighted by molar-refractivity contribution is -0.119. The van der Waals surface area contributed by atoms with Crippen LogP contribution in [0.5, 0.6) is 0 Å². The lowest BCUT2D eigenvalue weighted by Crippen LogP contribution is -2.34. The Kier molecular flexibility index (Phi) is 4.65. The van der Waals surface area contributed by atoms with Crippen LogP contribution in [0.4, 0.5) is 18.9 Å². The molecule has 1 aromatic rings. The van der Waals surface area contributed by atoms with Gasteiger partial charge in [0.1, 0.15) is 6.54 Å². The average Bonchev–Trinajstić information content (AvgIpc) is 2.24. The zero-order valence-corrected chi connectivity index (χ0v) is 10.0. The molecule has 0 saturated carbocycles. The minimum absolute atomic E-state index is 0.203. The number of aliphatic hydroxyl groups is 1. The summed E-state index contributed by atoms with van der Waals surface area (Å²) >= 11 is 5.72. The molecule has 96 valence electrons. The smallest absolute Gasteiger partial charge is 0.392 e. The minimum atomic E-state index is -4.28. The van der Waals surface area contributed by atoms with Crippen LogP contribution >= 0.6 is 11.6 Å². The SMILES string of the molecule is CCN(CC(F)(F)F)c1ccc(Cl)cc1CO. The van der Waals surface area contributed by atoms with Crippen LogP contribution in [0.25, 0.3) is 0 Å². The van der Waals surface area contributed by atoms with E-state index in [1.165, 1.54) is 18.2 Å². The van der Waals surface area contributed by atoms with Gasteiger partial charge in [-0.2, -0.15) is 13.2 Å². The third kappa shape index (κ3) is 4.09. The van der Waals surface area contributed by atoms with Crippen molar-refractivity contribution in [2.24, 2.45) is 0 Å². The maximum atomic E-state index is 12.4. The zero-order valence-electron chi connectivity index (χ0n) is 9.26. The van der Waals surface area contributed by atoms with Gasteiger partial charge in [-0.25, -0.2) is 0 Å². The summed E-state index contributed by atoms with van der Waals surface area (Å²) < 4.78 is 37.1. The van der Waals surface area contributed by atoms with Crippen LogP contribution < -0.4 is 4.90 Å². The molecule has 0 aromatic heterocycles. The summed E-state index contributed by atoms with van der Waals surface area (Å²) in [4.78, 5) is 1.15. The molecule has 0 atom stereocenters. The first-order chi connectivity index (χ1) is 7.87. The fraction of sp³-hybridized carbons (Fsp3) is 0.455. The Morgan fingerprint density at radius 3 is 2.47 bits per heavy atom. The molecule has 0 aliphatic rings. The first kappa shape index (κ1) is 14.1. The number of hydrogen-bond acceptors (Lipinski definition) is 2. The highest BCUT2D eigenvalue weighted by molar-refractivity contribution is 6.30. The van der Waals surface area contributed by atoms with Crippen molar-refractivity contribution in [2.45, 2.75) is 19.7 Å². The Balaban J connectivity index is 3.03. The van der Waals surface area contributed by atoms with E-state index in [0.29, 0.717) is 16.3 Å². The van der Waals surface area contributed by atoms with E-state index >= 15 is 0 Å². The highest BCUT2D eigenvalue weighted by Crippen LogP contribution is 2.27. The van der Waals surface area contributed by atoms with E-state index in [-0.39, 0.29) is 13.2 Å². The van der Waals surface area contributed by atoms with E-state index in [2.05, 4.69) is 0 Å². The van der Waals surface area contributed by atoms with Crippen LogP contribution in [0.15, 0.2) is 18.2 Å². The molecular weight excluding hydrogens is 255 g/mol. The number of nitrogens with zero attached hydrogens (tertiary/aromatic N) is 1. The van der Waals surface area contributed by atoms with Crippen LogP contribution in [0.3, 0.4) is 0 Å². The van der Waals surface area contributed by atoms with Gasteiger partial charge < -0.3 is 10.0 Å². The maximum absolute atomic E-state index is 12.4. The van der Waals surface area contributed by atoms with E-state index in [1.54, 1.807) is 6.92 Å². The number of alkyl halides is 3. The second-order valence-corrected chi connectivity index (χ2v) is 4.00. The van der Waals surface area contributed by atoms with Gasteiger partial charge in [0, 0.05) is 22.8 Å².